The SMILES string of the molecule is O=c1cc(CSc2n[nH]c(COc3ccc(Cl)cc3)n2)nc2sccn12. The summed E-state index contributed by atoms with van der Waals surface area (Å²) >= 11 is 8.67. The molecule has 0 bridgehead atoms. The number of hydrogen-bond acceptors (Lipinski definition) is 7. The minimum Gasteiger partial charge on any atom is -0.486 e. The van der Waals surface area contributed by atoms with Crippen molar-refractivity contribution in [3.63, 3.8) is 0 Å². The first-order valence-electron chi connectivity index (χ1n) is 7.55. The van der Waals surface area contributed by atoms with Crippen molar-refractivity contribution in [1.82, 2.24) is 24.6 Å². The van der Waals surface area contributed by atoms with Gasteiger partial charge in [0.2, 0.25) is 5.16 Å². The van der Waals surface area contributed by atoms with Gasteiger partial charge in [-0.1, -0.05) is 23.4 Å². The van der Waals surface area contributed by atoms with Crippen LogP contribution >= 0.6 is 34.7 Å². The number of ether oxygens (including phenoxy) is 1. The summed E-state index contributed by atoms with van der Waals surface area (Å²) < 4.78 is 7.15. The molecule has 4 rings (SSSR count). The number of H-pyrrole nitrogens is 1. The normalized spacial score (nSPS) is 11.1. The quantitative estimate of drug-likeness (QED) is 0.495. The van der Waals surface area contributed by atoms with Crippen LogP contribution < -0.4 is 10.3 Å². The van der Waals surface area contributed by atoms with Crippen LogP contribution in [-0.2, 0) is 12.4 Å². The Balaban J connectivity index is 1.37. The molecule has 0 aliphatic carbocycles. The lowest BCUT2D eigenvalue weighted by atomic mass is 10.3. The summed E-state index contributed by atoms with van der Waals surface area (Å²) in [5, 5.41) is 10.1. The van der Waals surface area contributed by atoms with Crippen molar-refractivity contribution >= 4 is 39.7 Å². The Kier molecular flexibility index (Phi) is 4.91. The van der Waals surface area contributed by atoms with Gasteiger partial charge in [-0.05, 0) is 24.3 Å². The smallest absolute Gasteiger partial charge is 0.258 e. The zero-order valence-electron chi connectivity index (χ0n) is 13.3. The lowest BCUT2D eigenvalue weighted by Crippen LogP contribution is -2.12. The van der Waals surface area contributed by atoms with Crippen molar-refractivity contribution < 1.29 is 4.74 Å². The average molecular weight is 406 g/mol. The molecule has 3 heterocycles. The van der Waals surface area contributed by atoms with Gasteiger partial charge in [0.25, 0.3) is 5.56 Å². The second-order valence-electron chi connectivity index (χ2n) is 5.24. The maximum Gasteiger partial charge on any atom is 0.258 e. The Morgan fingerprint density at radius 1 is 1.27 bits per heavy atom. The van der Waals surface area contributed by atoms with E-state index in [1.54, 1.807) is 30.5 Å². The Bertz CT molecular complexity index is 1090. The van der Waals surface area contributed by atoms with Crippen LogP contribution in [0.3, 0.4) is 0 Å². The third-order valence-electron chi connectivity index (χ3n) is 3.41. The minimum atomic E-state index is -0.0844. The summed E-state index contributed by atoms with van der Waals surface area (Å²) in [6.07, 6.45) is 1.72. The van der Waals surface area contributed by atoms with Crippen LogP contribution in [0.25, 0.3) is 4.96 Å². The molecule has 0 spiro atoms. The maximum atomic E-state index is 12.0. The molecule has 0 saturated heterocycles. The number of benzene rings is 1. The van der Waals surface area contributed by atoms with E-state index in [-0.39, 0.29) is 12.2 Å². The lowest BCUT2D eigenvalue weighted by Gasteiger charge is -2.03. The molecule has 0 radical (unpaired) electrons. The van der Waals surface area contributed by atoms with Gasteiger partial charge in [-0.2, -0.15) is 0 Å². The molecular formula is C16H12ClN5O2S2. The third kappa shape index (κ3) is 3.90. The molecule has 0 aliphatic rings. The molecule has 0 aliphatic heterocycles. The van der Waals surface area contributed by atoms with Crippen LogP contribution in [0.4, 0.5) is 0 Å². The number of thioether (sulfide) groups is 1. The number of nitrogens with one attached hydrogen (secondary N) is 1. The monoisotopic (exact) mass is 405 g/mol. The Labute approximate surface area is 161 Å². The van der Waals surface area contributed by atoms with Crippen LogP contribution in [0.2, 0.25) is 5.02 Å². The van der Waals surface area contributed by atoms with E-state index in [9.17, 15) is 4.79 Å². The van der Waals surface area contributed by atoms with Gasteiger partial charge in [-0.15, -0.1) is 16.4 Å². The zero-order chi connectivity index (χ0) is 17.9. The van der Waals surface area contributed by atoms with Crippen molar-refractivity contribution in [2.75, 3.05) is 0 Å². The van der Waals surface area contributed by atoms with Gasteiger partial charge in [0, 0.05) is 28.4 Å². The van der Waals surface area contributed by atoms with Crippen molar-refractivity contribution in [1.29, 1.82) is 0 Å². The first kappa shape index (κ1) is 17.1. The number of fused-ring (bicyclic) bond motifs is 1. The number of aromatic nitrogens is 5. The predicted molar refractivity (Wildman–Crippen MR) is 101 cm³/mol. The van der Waals surface area contributed by atoms with Crippen LogP contribution in [0.5, 0.6) is 5.75 Å². The molecule has 4 aromatic rings. The standard InChI is InChI=1S/C16H12ClN5O2S2/c17-10-1-3-12(4-2-10)24-8-13-19-15(21-20-13)26-9-11-7-14(23)22-5-6-25-16(22)18-11/h1-7H,8-9H2,(H,19,20,21). The van der Waals surface area contributed by atoms with Crippen molar-refractivity contribution in [3.05, 3.63) is 68.8 Å². The molecule has 10 heteroatoms. The zero-order valence-corrected chi connectivity index (χ0v) is 15.6. The fraction of sp³-hybridized carbons (Fsp3) is 0.125. The molecular weight excluding hydrogens is 394 g/mol. The fourth-order valence-corrected chi connectivity index (χ4v) is 3.76. The van der Waals surface area contributed by atoms with Gasteiger partial charge in [0.05, 0.1) is 5.69 Å². The van der Waals surface area contributed by atoms with Crippen LogP contribution in [-0.4, -0.2) is 24.6 Å². The van der Waals surface area contributed by atoms with E-state index >= 15 is 0 Å². The number of rotatable bonds is 6. The number of nitrogens with zero attached hydrogens (tertiary/aromatic N) is 4. The second kappa shape index (κ2) is 7.48. The number of aromatic amines is 1. The molecule has 7 nitrogen and oxygen atoms in total. The van der Waals surface area contributed by atoms with Gasteiger partial charge in [-0.3, -0.25) is 14.3 Å². The van der Waals surface area contributed by atoms with Crippen LogP contribution in [0.15, 0.2) is 51.9 Å². The van der Waals surface area contributed by atoms with Gasteiger partial charge in [0.15, 0.2) is 10.8 Å². The highest BCUT2D eigenvalue weighted by Crippen LogP contribution is 2.19. The molecule has 1 aromatic carbocycles. The lowest BCUT2D eigenvalue weighted by molar-refractivity contribution is 0.296. The van der Waals surface area contributed by atoms with Gasteiger partial charge in [0.1, 0.15) is 12.4 Å². The molecule has 26 heavy (non-hydrogen) atoms. The van der Waals surface area contributed by atoms with E-state index in [1.165, 1.54) is 33.6 Å². The van der Waals surface area contributed by atoms with Crippen LogP contribution in [0, 0.1) is 0 Å². The molecule has 0 atom stereocenters. The highest BCUT2D eigenvalue weighted by molar-refractivity contribution is 7.98. The van der Waals surface area contributed by atoms with E-state index < -0.39 is 0 Å². The summed E-state index contributed by atoms with van der Waals surface area (Å²) in [5.41, 5.74) is 0.616. The largest absolute Gasteiger partial charge is 0.486 e. The van der Waals surface area contributed by atoms with Gasteiger partial charge in [-0.25, -0.2) is 9.97 Å². The molecule has 0 fully saturated rings. The van der Waals surface area contributed by atoms with E-state index in [4.69, 9.17) is 16.3 Å². The highest BCUT2D eigenvalue weighted by atomic mass is 35.5. The second-order valence-corrected chi connectivity index (χ2v) is 7.49. The Morgan fingerprint density at radius 2 is 2.12 bits per heavy atom. The fourth-order valence-electron chi connectivity index (χ4n) is 2.19. The first-order valence-corrected chi connectivity index (χ1v) is 9.80. The molecule has 132 valence electrons. The topological polar surface area (TPSA) is 85.2 Å². The van der Waals surface area contributed by atoms with Crippen LogP contribution in [0.1, 0.15) is 11.5 Å². The maximum absolute atomic E-state index is 12.0. The molecule has 0 unspecified atom stereocenters. The summed E-state index contributed by atoms with van der Waals surface area (Å²) in [7, 11) is 0. The van der Waals surface area contributed by atoms with E-state index in [0.717, 1.165) is 0 Å². The number of halogens is 1. The van der Waals surface area contributed by atoms with E-state index in [0.29, 0.717) is 38.2 Å². The van der Waals surface area contributed by atoms with Gasteiger partial charge < -0.3 is 4.74 Å². The average Bonchev–Trinajstić information content (AvgIpc) is 3.29. The molecule has 3 aromatic heterocycles. The molecule has 1 N–H and O–H groups in total. The Hall–Kier alpha value is -2.36. The predicted octanol–water partition coefficient (Wildman–Crippen LogP) is 3.40. The first-order chi connectivity index (χ1) is 12.7. The van der Waals surface area contributed by atoms with Gasteiger partial charge >= 0.3 is 0 Å². The molecule has 0 amide bonds. The number of hydrogen-bond donors (Lipinski definition) is 1. The summed E-state index contributed by atoms with van der Waals surface area (Å²) in [6, 6.07) is 8.64. The van der Waals surface area contributed by atoms with E-state index in [1.807, 2.05) is 5.38 Å². The number of thiazole rings is 1. The summed E-state index contributed by atoms with van der Waals surface area (Å²) in [5.74, 6) is 1.83. The third-order valence-corrected chi connectivity index (χ3v) is 5.30. The minimum absolute atomic E-state index is 0.0844. The van der Waals surface area contributed by atoms with E-state index in [2.05, 4.69) is 20.2 Å². The summed E-state index contributed by atoms with van der Waals surface area (Å²) in [4.78, 5) is 21.5. The van der Waals surface area contributed by atoms with Crippen molar-refractivity contribution in [2.24, 2.45) is 0 Å². The summed E-state index contributed by atoms with van der Waals surface area (Å²) in [6.45, 7) is 0.274. The Morgan fingerprint density at radius 3 is 2.96 bits per heavy atom. The van der Waals surface area contributed by atoms with Crippen molar-refractivity contribution in [2.45, 2.75) is 17.5 Å². The highest BCUT2D eigenvalue weighted by Gasteiger charge is 2.08. The molecule has 0 saturated carbocycles. The van der Waals surface area contributed by atoms with Crippen molar-refractivity contribution in [3.8, 4) is 5.75 Å².